The van der Waals surface area contributed by atoms with E-state index in [-0.39, 0.29) is 0 Å². The van der Waals surface area contributed by atoms with Crippen LogP contribution in [0, 0.1) is 11.8 Å². The molecule has 0 amide bonds. The van der Waals surface area contributed by atoms with Crippen LogP contribution in [0.25, 0.3) is 0 Å². The van der Waals surface area contributed by atoms with Crippen LogP contribution >= 0.6 is 11.6 Å². The molecular weight excluding hydrogens is 230 g/mol. The predicted octanol–water partition coefficient (Wildman–Crippen LogP) is 4.33. The van der Waals surface area contributed by atoms with Gasteiger partial charge in [0.1, 0.15) is 0 Å². The summed E-state index contributed by atoms with van der Waals surface area (Å²) < 4.78 is 0. The van der Waals surface area contributed by atoms with Gasteiger partial charge in [-0.3, -0.25) is 0 Å². The number of nitrogens with one attached hydrogen (secondary N) is 1. The van der Waals surface area contributed by atoms with E-state index in [0.29, 0.717) is 17.8 Å². The Labute approximate surface area is 111 Å². The highest BCUT2D eigenvalue weighted by atomic mass is 35.5. The van der Waals surface area contributed by atoms with E-state index >= 15 is 0 Å². The molecular formula is C15H24ClN. The molecule has 1 rings (SSSR count). The first-order valence-electron chi connectivity index (χ1n) is 6.47. The summed E-state index contributed by atoms with van der Waals surface area (Å²) in [5, 5.41) is 4.35. The largest absolute Gasteiger partial charge is 0.316 e. The molecule has 0 fully saturated rings. The van der Waals surface area contributed by atoms with E-state index in [9.17, 15) is 0 Å². The van der Waals surface area contributed by atoms with E-state index in [1.807, 2.05) is 12.1 Å². The normalized spacial score (nSPS) is 14.9. The van der Waals surface area contributed by atoms with Crippen molar-refractivity contribution in [2.75, 3.05) is 13.1 Å². The SMILES string of the molecule is CC(C)CNCC(C)C(C)c1cccc(Cl)c1. The number of hydrogen-bond donors (Lipinski definition) is 1. The Morgan fingerprint density at radius 3 is 2.41 bits per heavy atom. The summed E-state index contributed by atoms with van der Waals surface area (Å²) >= 11 is 6.02. The van der Waals surface area contributed by atoms with Gasteiger partial charge in [-0.2, -0.15) is 0 Å². The van der Waals surface area contributed by atoms with Crippen LogP contribution in [-0.2, 0) is 0 Å². The maximum absolute atomic E-state index is 6.02. The molecule has 0 aromatic heterocycles. The van der Waals surface area contributed by atoms with Crippen molar-refractivity contribution in [1.29, 1.82) is 0 Å². The molecule has 2 heteroatoms. The molecule has 1 aromatic carbocycles. The number of halogens is 1. The summed E-state index contributed by atoms with van der Waals surface area (Å²) in [6, 6.07) is 8.20. The predicted molar refractivity (Wildman–Crippen MR) is 76.7 cm³/mol. The quantitative estimate of drug-likeness (QED) is 0.796. The van der Waals surface area contributed by atoms with Gasteiger partial charge >= 0.3 is 0 Å². The van der Waals surface area contributed by atoms with Crippen molar-refractivity contribution in [2.24, 2.45) is 11.8 Å². The van der Waals surface area contributed by atoms with Crippen LogP contribution in [0.5, 0.6) is 0 Å². The van der Waals surface area contributed by atoms with Gasteiger partial charge < -0.3 is 5.32 Å². The molecule has 1 N–H and O–H groups in total. The van der Waals surface area contributed by atoms with E-state index < -0.39 is 0 Å². The molecule has 0 radical (unpaired) electrons. The number of rotatable bonds is 6. The highest BCUT2D eigenvalue weighted by molar-refractivity contribution is 6.30. The maximum atomic E-state index is 6.02. The smallest absolute Gasteiger partial charge is 0.0408 e. The van der Waals surface area contributed by atoms with Gasteiger partial charge in [0.2, 0.25) is 0 Å². The maximum Gasteiger partial charge on any atom is 0.0408 e. The van der Waals surface area contributed by atoms with Gasteiger partial charge in [-0.15, -0.1) is 0 Å². The second kappa shape index (κ2) is 7.03. The fraction of sp³-hybridized carbons (Fsp3) is 0.600. The summed E-state index contributed by atoms with van der Waals surface area (Å²) in [6.45, 7) is 11.2. The Morgan fingerprint density at radius 1 is 1.12 bits per heavy atom. The van der Waals surface area contributed by atoms with E-state index in [2.05, 4.69) is 45.1 Å². The van der Waals surface area contributed by atoms with Crippen molar-refractivity contribution in [3.63, 3.8) is 0 Å². The van der Waals surface area contributed by atoms with Gasteiger partial charge in [0.05, 0.1) is 0 Å². The fourth-order valence-corrected chi connectivity index (χ4v) is 2.09. The zero-order chi connectivity index (χ0) is 12.8. The van der Waals surface area contributed by atoms with Crippen LogP contribution < -0.4 is 5.32 Å². The Kier molecular flexibility index (Phi) is 6.01. The average Bonchev–Trinajstić information content (AvgIpc) is 2.27. The van der Waals surface area contributed by atoms with Crippen LogP contribution in [0.1, 0.15) is 39.2 Å². The van der Waals surface area contributed by atoms with Gasteiger partial charge in [0, 0.05) is 5.02 Å². The fourth-order valence-electron chi connectivity index (χ4n) is 1.89. The van der Waals surface area contributed by atoms with Crippen LogP contribution in [-0.4, -0.2) is 13.1 Å². The van der Waals surface area contributed by atoms with Crippen molar-refractivity contribution in [1.82, 2.24) is 5.32 Å². The molecule has 96 valence electrons. The third-order valence-electron chi connectivity index (χ3n) is 3.25. The molecule has 2 unspecified atom stereocenters. The topological polar surface area (TPSA) is 12.0 Å². The van der Waals surface area contributed by atoms with Crippen molar-refractivity contribution in [3.05, 3.63) is 34.9 Å². The Bertz CT molecular complexity index is 335. The lowest BCUT2D eigenvalue weighted by Gasteiger charge is -2.21. The lowest BCUT2D eigenvalue weighted by Crippen LogP contribution is -2.27. The molecule has 0 aliphatic heterocycles. The van der Waals surface area contributed by atoms with E-state index in [1.165, 1.54) is 5.56 Å². The second-order valence-electron chi connectivity index (χ2n) is 5.37. The van der Waals surface area contributed by atoms with Crippen molar-refractivity contribution >= 4 is 11.6 Å². The first-order chi connectivity index (χ1) is 8.00. The third-order valence-corrected chi connectivity index (χ3v) is 3.48. The van der Waals surface area contributed by atoms with Crippen LogP contribution in [0.3, 0.4) is 0 Å². The van der Waals surface area contributed by atoms with Gasteiger partial charge in [-0.05, 0) is 48.5 Å². The molecule has 0 aliphatic rings. The summed E-state index contributed by atoms with van der Waals surface area (Å²) in [6.07, 6.45) is 0. The van der Waals surface area contributed by atoms with E-state index in [1.54, 1.807) is 0 Å². The Hall–Kier alpha value is -0.530. The lowest BCUT2D eigenvalue weighted by atomic mass is 9.89. The molecule has 1 nitrogen and oxygen atoms in total. The minimum atomic E-state index is 0.536. The van der Waals surface area contributed by atoms with E-state index in [4.69, 9.17) is 11.6 Å². The van der Waals surface area contributed by atoms with Crippen molar-refractivity contribution in [2.45, 2.75) is 33.6 Å². The average molecular weight is 254 g/mol. The molecule has 1 aromatic rings. The zero-order valence-electron chi connectivity index (χ0n) is 11.3. The van der Waals surface area contributed by atoms with Crippen molar-refractivity contribution < 1.29 is 0 Å². The number of benzene rings is 1. The van der Waals surface area contributed by atoms with Crippen LogP contribution in [0.4, 0.5) is 0 Å². The molecule has 0 saturated carbocycles. The number of hydrogen-bond acceptors (Lipinski definition) is 1. The first-order valence-corrected chi connectivity index (χ1v) is 6.84. The van der Waals surface area contributed by atoms with Crippen molar-refractivity contribution in [3.8, 4) is 0 Å². The molecule has 17 heavy (non-hydrogen) atoms. The summed E-state index contributed by atoms with van der Waals surface area (Å²) in [7, 11) is 0. The molecule has 0 spiro atoms. The minimum Gasteiger partial charge on any atom is -0.316 e. The highest BCUT2D eigenvalue weighted by Crippen LogP contribution is 2.25. The molecule has 2 atom stereocenters. The first kappa shape index (κ1) is 14.5. The standard InChI is InChI=1S/C15H24ClN/c1-11(2)9-17-10-12(3)13(4)14-6-5-7-15(16)8-14/h5-8,11-13,17H,9-10H2,1-4H3. The van der Waals surface area contributed by atoms with E-state index in [0.717, 1.165) is 18.1 Å². The summed E-state index contributed by atoms with van der Waals surface area (Å²) in [4.78, 5) is 0. The zero-order valence-corrected chi connectivity index (χ0v) is 12.1. The summed E-state index contributed by atoms with van der Waals surface area (Å²) in [5.74, 6) is 1.87. The molecule has 0 aliphatic carbocycles. The third kappa shape index (κ3) is 5.10. The van der Waals surface area contributed by atoms with Crippen LogP contribution in [0.2, 0.25) is 5.02 Å². The molecule has 0 saturated heterocycles. The van der Waals surface area contributed by atoms with Crippen LogP contribution in [0.15, 0.2) is 24.3 Å². The monoisotopic (exact) mass is 253 g/mol. The summed E-state index contributed by atoms with van der Waals surface area (Å²) in [5.41, 5.74) is 1.33. The van der Waals surface area contributed by atoms with Gasteiger partial charge in [-0.1, -0.05) is 51.4 Å². The molecule has 0 heterocycles. The second-order valence-corrected chi connectivity index (χ2v) is 5.81. The van der Waals surface area contributed by atoms with Gasteiger partial charge in [0.15, 0.2) is 0 Å². The molecule has 0 bridgehead atoms. The Balaban J connectivity index is 2.48. The minimum absolute atomic E-state index is 0.536. The van der Waals surface area contributed by atoms with Gasteiger partial charge in [-0.25, -0.2) is 0 Å². The lowest BCUT2D eigenvalue weighted by molar-refractivity contribution is 0.428. The highest BCUT2D eigenvalue weighted by Gasteiger charge is 2.14. The van der Waals surface area contributed by atoms with Gasteiger partial charge in [0.25, 0.3) is 0 Å². The Morgan fingerprint density at radius 2 is 1.82 bits per heavy atom.